The van der Waals surface area contributed by atoms with Crippen LogP contribution in [0, 0.1) is 11.3 Å². The summed E-state index contributed by atoms with van der Waals surface area (Å²) in [5, 5.41) is 25.1. The molecule has 0 heterocycles. The van der Waals surface area contributed by atoms with Crippen molar-refractivity contribution in [3.8, 4) is 5.75 Å². The third-order valence-corrected chi connectivity index (χ3v) is 5.67. The molecule has 0 aromatic heterocycles. The molecule has 2 unspecified atom stereocenters. The quantitative estimate of drug-likeness (QED) is 0.253. The summed E-state index contributed by atoms with van der Waals surface area (Å²) in [4.78, 5) is 13.7. The lowest BCUT2D eigenvalue weighted by atomic mass is 9.85. The molecule has 4 aromatic rings. The highest BCUT2D eigenvalue weighted by molar-refractivity contribution is 6.12. The van der Waals surface area contributed by atoms with E-state index in [0.29, 0.717) is 12.1 Å². The molecule has 1 amide bonds. The first-order chi connectivity index (χ1) is 16.6. The fourth-order valence-electron chi connectivity index (χ4n) is 3.89. The number of benzene rings is 4. The smallest absolute Gasteiger partial charge is 0.231 e. The number of hydrogen-bond acceptors (Lipinski definition) is 4. The Labute approximate surface area is 199 Å². The summed E-state index contributed by atoms with van der Waals surface area (Å²) >= 11 is 0. The van der Waals surface area contributed by atoms with Crippen LogP contribution >= 0.6 is 0 Å². The summed E-state index contributed by atoms with van der Waals surface area (Å²) in [6.07, 6.45) is 0. The predicted molar refractivity (Wildman–Crippen MR) is 136 cm³/mol. The van der Waals surface area contributed by atoms with Crippen LogP contribution in [0.4, 0.5) is 5.69 Å². The van der Waals surface area contributed by atoms with Crippen molar-refractivity contribution < 1.29 is 9.90 Å². The fraction of sp³-hybridized carbons (Fsp3) is 0.103. The number of carbonyl (C=O) groups excluding carboxylic acids is 1. The van der Waals surface area contributed by atoms with Crippen LogP contribution in [-0.2, 0) is 11.3 Å². The second-order valence-corrected chi connectivity index (χ2v) is 8.04. The molecule has 2 atom stereocenters. The Balaban J connectivity index is 1.69. The van der Waals surface area contributed by atoms with E-state index >= 15 is 0 Å². The Morgan fingerprint density at radius 3 is 1.94 bits per heavy atom. The SMILES string of the molecule is N=C(c1ccccc1)C(C(=O)NCc1ccc(O)cc1)C(Nc1ccccc1)c1ccccc1. The molecule has 0 radical (unpaired) electrons. The molecule has 0 saturated carbocycles. The second kappa shape index (κ2) is 11.0. The van der Waals surface area contributed by atoms with E-state index in [1.165, 1.54) is 0 Å². The lowest BCUT2D eigenvalue weighted by Gasteiger charge is -2.29. The standard InChI is InChI=1S/C29H27N3O2/c30-27(22-10-4-1-5-11-22)26(29(34)31-20-21-16-18-25(33)19-17-21)28(23-12-6-2-7-13-23)32-24-14-8-3-9-15-24/h1-19,26,28,30,32-33H,20H2,(H,31,34). The van der Waals surface area contributed by atoms with Crippen molar-refractivity contribution in [1.29, 1.82) is 5.41 Å². The summed E-state index contributed by atoms with van der Waals surface area (Å²) in [6, 6.07) is 35.1. The highest BCUT2D eigenvalue weighted by atomic mass is 16.3. The Morgan fingerprint density at radius 1 is 0.765 bits per heavy atom. The molecule has 4 aromatic carbocycles. The van der Waals surface area contributed by atoms with Gasteiger partial charge >= 0.3 is 0 Å². The number of carbonyl (C=O) groups is 1. The molecule has 0 aliphatic carbocycles. The first kappa shape index (κ1) is 22.8. The van der Waals surface area contributed by atoms with Crippen molar-refractivity contribution in [1.82, 2.24) is 5.32 Å². The van der Waals surface area contributed by atoms with Crippen LogP contribution < -0.4 is 10.6 Å². The van der Waals surface area contributed by atoms with Crippen LogP contribution in [-0.4, -0.2) is 16.7 Å². The van der Waals surface area contributed by atoms with Gasteiger partial charge < -0.3 is 21.1 Å². The number of phenols is 1. The summed E-state index contributed by atoms with van der Waals surface area (Å²) in [5.74, 6) is -0.864. The molecular weight excluding hydrogens is 422 g/mol. The molecule has 0 aliphatic heterocycles. The van der Waals surface area contributed by atoms with Gasteiger partial charge in [-0.3, -0.25) is 4.79 Å². The van der Waals surface area contributed by atoms with Gasteiger partial charge in [0.2, 0.25) is 5.91 Å². The molecule has 4 N–H and O–H groups in total. The number of rotatable bonds is 9. The van der Waals surface area contributed by atoms with Gasteiger partial charge in [-0.25, -0.2) is 0 Å². The first-order valence-electron chi connectivity index (χ1n) is 11.2. The van der Waals surface area contributed by atoms with E-state index in [4.69, 9.17) is 5.41 Å². The van der Waals surface area contributed by atoms with Crippen molar-refractivity contribution in [3.63, 3.8) is 0 Å². The van der Waals surface area contributed by atoms with Crippen molar-refractivity contribution in [3.05, 3.63) is 132 Å². The number of para-hydroxylation sites is 1. The van der Waals surface area contributed by atoms with E-state index in [1.54, 1.807) is 24.3 Å². The number of phenolic OH excluding ortho intramolecular Hbond substituents is 1. The number of aromatic hydroxyl groups is 1. The second-order valence-electron chi connectivity index (χ2n) is 8.04. The first-order valence-corrected chi connectivity index (χ1v) is 11.2. The largest absolute Gasteiger partial charge is 0.508 e. The van der Waals surface area contributed by atoms with Crippen LogP contribution in [0.5, 0.6) is 5.75 Å². The van der Waals surface area contributed by atoms with E-state index in [-0.39, 0.29) is 17.4 Å². The van der Waals surface area contributed by atoms with Crippen molar-refractivity contribution in [2.45, 2.75) is 12.6 Å². The monoisotopic (exact) mass is 449 g/mol. The molecule has 34 heavy (non-hydrogen) atoms. The van der Waals surface area contributed by atoms with Gasteiger partial charge in [-0.05, 0) is 41.0 Å². The van der Waals surface area contributed by atoms with Crippen LogP contribution in [0.2, 0.25) is 0 Å². The number of hydrogen-bond donors (Lipinski definition) is 4. The zero-order chi connectivity index (χ0) is 23.8. The Hall–Kier alpha value is -4.38. The lowest BCUT2D eigenvalue weighted by Crippen LogP contribution is -2.41. The molecule has 0 saturated heterocycles. The number of nitrogens with one attached hydrogen (secondary N) is 3. The zero-order valence-corrected chi connectivity index (χ0v) is 18.7. The Bertz CT molecular complexity index is 1210. The van der Waals surface area contributed by atoms with Gasteiger partial charge in [-0.2, -0.15) is 0 Å². The molecule has 5 heteroatoms. The minimum absolute atomic E-state index is 0.176. The molecule has 4 rings (SSSR count). The van der Waals surface area contributed by atoms with Crippen LogP contribution in [0.1, 0.15) is 22.7 Å². The molecule has 0 aliphatic rings. The third kappa shape index (κ3) is 5.70. The molecule has 5 nitrogen and oxygen atoms in total. The van der Waals surface area contributed by atoms with E-state index in [2.05, 4.69) is 10.6 Å². The van der Waals surface area contributed by atoms with Gasteiger partial charge in [-0.15, -0.1) is 0 Å². The number of anilines is 1. The summed E-state index contributed by atoms with van der Waals surface area (Å²) in [6.45, 7) is 0.296. The highest BCUT2D eigenvalue weighted by Gasteiger charge is 2.34. The molecule has 170 valence electrons. The van der Waals surface area contributed by atoms with Gasteiger partial charge in [0.15, 0.2) is 0 Å². The molecule has 0 fully saturated rings. The minimum atomic E-state index is -0.790. The van der Waals surface area contributed by atoms with Gasteiger partial charge in [0.05, 0.1) is 11.8 Å². The lowest BCUT2D eigenvalue weighted by molar-refractivity contribution is -0.123. The molecule has 0 bridgehead atoms. The maximum Gasteiger partial charge on any atom is 0.231 e. The Morgan fingerprint density at radius 2 is 1.32 bits per heavy atom. The van der Waals surface area contributed by atoms with Gasteiger partial charge in [0.25, 0.3) is 0 Å². The van der Waals surface area contributed by atoms with Gasteiger partial charge in [0.1, 0.15) is 11.7 Å². The van der Waals surface area contributed by atoms with Crippen LogP contribution in [0.15, 0.2) is 115 Å². The average Bonchev–Trinajstić information content (AvgIpc) is 2.89. The topological polar surface area (TPSA) is 85.2 Å². The maximum absolute atomic E-state index is 13.7. The molecular formula is C29H27N3O2. The van der Waals surface area contributed by atoms with Gasteiger partial charge in [-0.1, -0.05) is 91.0 Å². The normalized spacial score (nSPS) is 12.4. The van der Waals surface area contributed by atoms with Gasteiger partial charge in [0, 0.05) is 12.2 Å². The highest BCUT2D eigenvalue weighted by Crippen LogP contribution is 2.30. The van der Waals surface area contributed by atoms with Crippen LogP contribution in [0.25, 0.3) is 0 Å². The minimum Gasteiger partial charge on any atom is -0.508 e. The Kier molecular flexibility index (Phi) is 7.35. The average molecular weight is 450 g/mol. The predicted octanol–water partition coefficient (Wildman–Crippen LogP) is 5.55. The third-order valence-electron chi connectivity index (χ3n) is 5.67. The van der Waals surface area contributed by atoms with Crippen molar-refractivity contribution >= 4 is 17.3 Å². The van der Waals surface area contributed by atoms with E-state index in [9.17, 15) is 9.90 Å². The maximum atomic E-state index is 13.7. The fourth-order valence-corrected chi connectivity index (χ4v) is 3.89. The zero-order valence-electron chi connectivity index (χ0n) is 18.7. The van der Waals surface area contributed by atoms with E-state index in [1.807, 2.05) is 91.0 Å². The summed E-state index contributed by atoms with van der Waals surface area (Å²) in [5.41, 5.74) is 3.58. The van der Waals surface area contributed by atoms with E-state index < -0.39 is 12.0 Å². The summed E-state index contributed by atoms with van der Waals surface area (Å²) in [7, 11) is 0. The van der Waals surface area contributed by atoms with Crippen molar-refractivity contribution in [2.24, 2.45) is 5.92 Å². The molecule has 0 spiro atoms. The van der Waals surface area contributed by atoms with Crippen LogP contribution in [0.3, 0.4) is 0 Å². The summed E-state index contributed by atoms with van der Waals surface area (Å²) < 4.78 is 0. The van der Waals surface area contributed by atoms with E-state index in [0.717, 1.165) is 16.8 Å². The van der Waals surface area contributed by atoms with Crippen molar-refractivity contribution in [2.75, 3.05) is 5.32 Å². The number of amides is 1.